The molecule has 96 valence electrons. The van der Waals surface area contributed by atoms with Crippen molar-refractivity contribution in [2.45, 2.75) is 45.2 Å². The molecule has 2 aliphatic rings. The lowest BCUT2D eigenvalue weighted by Crippen LogP contribution is -2.21. The molecule has 0 aromatic heterocycles. The molecule has 1 amide bonds. The minimum atomic E-state index is 0.0114. The van der Waals surface area contributed by atoms with Gasteiger partial charge in [-0.1, -0.05) is 20.3 Å². The highest BCUT2D eigenvalue weighted by molar-refractivity contribution is 6.04. The molecule has 4 heteroatoms. The van der Waals surface area contributed by atoms with E-state index < -0.39 is 0 Å². The normalized spacial score (nSPS) is 24.0. The fraction of sp³-hybridized carbons (Fsp3) is 0.500. The van der Waals surface area contributed by atoms with E-state index in [1.165, 1.54) is 0 Å². The van der Waals surface area contributed by atoms with Crippen LogP contribution >= 0.6 is 0 Å². The molecule has 0 radical (unpaired) electrons. The first-order valence-corrected chi connectivity index (χ1v) is 6.74. The van der Waals surface area contributed by atoms with Gasteiger partial charge in [0, 0.05) is 5.69 Å². The van der Waals surface area contributed by atoms with Gasteiger partial charge in [-0.2, -0.15) is 0 Å². The highest BCUT2D eigenvalue weighted by Gasteiger charge is 2.31. The second kappa shape index (κ2) is 4.19. The molecule has 2 heterocycles. The van der Waals surface area contributed by atoms with Crippen LogP contribution in [0, 0.1) is 0 Å². The summed E-state index contributed by atoms with van der Waals surface area (Å²) in [5, 5.41) is 9.89. The van der Waals surface area contributed by atoms with E-state index in [0.717, 1.165) is 41.9 Å². The molecular formula is C14H19N3O. The van der Waals surface area contributed by atoms with Crippen molar-refractivity contribution in [1.82, 2.24) is 0 Å². The van der Waals surface area contributed by atoms with Crippen LogP contribution in [0.3, 0.4) is 0 Å². The molecule has 3 N–H and O–H groups in total. The Morgan fingerprint density at radius 2 is 1.83 bits per heavy atom. The second-order valence-corrected chi connectivity index (χ2v) is 5.07. The molecule has 0 aliphatic carbocycles. The molecule has 4 nitrogen and oxygen atoms in total. The Balaban J connectivity index is 1.92. The lowest BCUT2D eigenvalue weighted by atomic mass is 9.97. The van der Waals surface area contributed by atoms with Gasteiger partial charge in [0.05, 0.1) is 23.5 Å². The topological polar surface area (TPSA) is 53.2 Å². The number of hydrogen-bond acceptors (Lipinski definition) is 3. The number of hydrogen-bond donors (Lipinski definition) is 3. The van der Waals surface area contributed by atoms with Crippen LogP contribution in [0.2, 0.25) is 0 Å². The van der Waals surface area contributed by atoms with Crippen molar-refractivity contribution in [3.05, 3.63) is 17.7 Å². The highest BCUT2D eigenvalue weighted by Crippen LogP contribution is 2.42. The smallest absolute Gasteiger partial charge is 0.231 e. The Bertz CT molecular complexity index is 498. The van der Waals surface area contributed by atoms with E-state index in [2.05, 4.69) is 41.9 Å². The van der Waals surface area contributed by atoms with Crippen molar-refractivity contribution in [1.29, 1.82) is 0 Å². The first-order chi connectivity index (χ1) is 8.72. The predicted octanol–water partition coefficient (Wildman–Crippen LogP) is 3.10. The van der Waals surface area contributed by atoms with Gasteiger partial charge in [0.2, 0.25) is 5.91 Å². The summed E-state index contributed by atoms with van der Waals surface area (Å²) < 4.78 is 0. The van der Waals surface area contributed by atoms with Crippen molar-refractivity contribution in [2.24, 2.45) is 0 Å². The van der Waals surface area contributed by atoms with Gasteiger partial charge in [-0.25, -0.2) is 0 Å². The zero-order valence-electron chi connectivity index (χ0n) is 10.8. The Morgan fingerprint density at radius 3 is 2.50 bits per heavy atom. The number of carbonyl (C=O) groups is 1. The van der Waals surface area contributed by atoms with Crippen LogP contribution in [0.1, 0.15) is 44.6 Å². The number of carbonyl (C=O) groups excluding carboxylic acids is 1. The third-order valence-corrected chi connectivity index (χ3v) is 3.78. The van der Waals surface area contributed by atoms with Crippen molar-refractivity contribution in [3.63, 3.8) is 0 Å². The Hall–Kier alpha value is -1.71. The van der Waals surface area contributed by atoms with Gasteiger partial charge < -0.3 is 16.0 Å². The lowest BCUT2D eigenvalue weighted by molar-refractivity contribution is -0.117. The minimum absolute atomic E-state index is 0.0114. The average molecular weight is 245 g/mol. The van der Waals surface area contributed by atoms with Crippen molar-refractivity contribution >= 4 is 23.0 Å². The summed E-state index contributed by atoms with van der Waals surface area (Å²) in [6.45, 7) is 4.23. The van der Waals surface area contributed by atoms with Crippen molar-refractivity contribution in [2.75, 3.05) is 16.0 Å². The van der Waals surface area contributed by atoms with Gasteiger partial charge >= 0.3 is 0 Å². The first-order valence-electron chi connectivity index (χ1n) is 6.74. The van der Waals surface area contributed by atoms with Gasteiger partial charge in [0.25, 0.3) is 0 Å². The summed E-state index contributed by atoms with van der Waals surface area (Å²) >= 11 is 0. The summed E-state index contributed by atoms with van der Waals surface area (Å²) in [5.41, 5.74) is 4.33. The Labute approximate surface area is 107 Å². The fourth-order valence-corrected chi connectivity index (χ4v) is 2.86. The average Bonchev–Trinajstić information content (AvgIpc) is 2.85. The molecular weight excluding hydrogens is 226 g/mol. The fourth-order valence-electron chi connectivity index (χ4n) is 2.86. The van der Waals surface area contributed by atoms with Crippen LogP contribution in [0.25, 0.3) is 0 Å². The molecule has 2 unspecified atom stereocenters. The molecule has 0 saturated carbocycles. The van der Waals surface area contributed by atoms with Crippen LogP contribution in [0.5, 0.6) is 0 Å². The monoisotopic (exact) mass is 245 g/mol. The zero-order valence-corrected chi connectivity index (χ0v) is 10.8. The molecule has 18 heavy (non-hydrogen) atoms. The van der Waals surface area contributed by atoms with Crippen LogP contribution < -0.4 is 16.0 Å². The van der Waals surface area contributed by atoms with E-state index in [1.54, 1.807) is 0 Å². The number of amides is 1. The van der Waals surface area contributed by atoms with E-state index >= 15 is 0 Å². The summed E-state index contributed by atoms with van der Waals surface area (Å²) in [6, 6.07) is 4.18. The van der Waals surface area contributed by atoms with Gasteiger partial charge in [-0.3, -0.25) is 4.79 Å². The van der Waals surface area contributed by atoms with Gasteiger partial charge in [-0.05, 0) is 30.5 Å². The minimum Gasteiger partial charge on any atom is -0.364 e. The van der Waals surface area contributed by atoms with Crippen molar-refractivity contribution < 1.29 is 4.79 Å². The van der Waals surface area contributed by atoms with Crippen molar-refractivity contribution in [3.8, 4) is 0 Å². The molecule has 0 saturated heterocycles. The van der Waals surface area contributed by atoms with Crippen LogP contribution in [0.4, 0.5) is 17.1 Å². The molecule has 1 aromatic rings. The molecule has 0 bridgehead atoms. The molecule has 3 rings (SSSR count). The van der Waals surface area contributed by atoms with Gasteiger partial charge in [0.1, 0.15) is 0 Å². The maximum absolute atomic E-state index is 11.8. The Kier molecular flexibility index (Phi) is 2.65. The maximum Gasteiger partial charge on any atom is 0.231 e. The van der Waals surface area contributed by atoms with E-state index in [1.807, 2.05) is 0 Å². The first kappa shape index (κ1) is 11.4. The van der Waals surface area contributed by atoms with E-state index in [-0.39, 0.29) is 11.8 Å². The quantitative estimate of drug-likeness (QED) is 0.767. The third kappa shape index (κ3) is 1.64. The van der Waals surface area contributed by atoms with E-state index in [4.69, 9.17) is 0 Å². The van der Waals surface area contributed by atoms with Crippen LogP contribution in [0.15, 0.2) is 12.1 Å². The van der Waals surface area contributed by atoms with E-state index in [9.17, 15) is 4.79 Å². The second-order valence-electron chi connectivity index (χ2n) is 5.07. The summed E-state index contributed by atoms with van der Waals surface area (Å²) in [6.07, 6.45) is 3.42. The van der Waals surface area contributed by atoms with E-state index in [0.29, 0.717) is 6.17 Å². The van der Waals surface area contributed by atoms with Crippen LogP contribution in [-0.2, 0) is 4.79 Å². The molecule has 2 aliphatic heterocycles. The number of rotatable bonds is 3. The zero-order chi connectivity index (χ0) is 12.7. The summed E-state index contributed by atoms with van der Waals surface area (Å²) in [4.78, 5) is 11.8. The molecule has 0 fully saturated rings. The SMILES string of the molecule is CCCC1Nc2cc3c(cc2N1)C(CC)C(=O)N3. The molecule has 1 aromatic carbocycles. The predicted molar refractivity (Wildman–Crippen MR) is 74.0 cm³/mol. The third-order valence-electron chi connectivity index (χ3n) is 3.78. The van der Waals surface area contributed by atoms with Gasteiger partial charge in [0.15, 0.2) is 0 Å². The lowest BCUT2D eigenvalue weighted by Gasteiger charge is -2.09. The molecule has 2 atom stereocenters. The largest absolute Gasteiger partial charge is 0.364 e. The molecule has 0 spiro atoms. The highest BCUT2D eigenvalue weighted by atomic mass is 16.2. The number of nitrogens with one attached hydrogen (secondary N) is 3. The number of benzene rings is 1. The standard InChI is InChI=1S/C14H19N3O/c1-3-5-13-15-11-6-9-8(4-2)14(18)17-10(9)7-12(11)16-13/h6-8,13,15-16H,3-5H2,1-2H3,(H,17,18). The number of anilines is 3. The van der Waals surface area contributed by atoms with Gasteiger partial charge in [-0.15, -0.1) is 0 Å². The van der Waals surface area contributed by atoms with Crippen LogP contribution in [-0.4, -0.2) is 12.1 Å². The Morgan fingerprint density at radius 1 is 1.11 bits per heavy atom. The summed E-state index contributed by atoms with van der Waals surface area (Å²) in [5.74, 6) is 0.138. The maximum atomic E-state index is 11.8. The summed E-state index contributed by atoms with van der Waals surface area (Å²) in [7, 11) is 0. The number of fused-ring (bicyclic) bond motifs is 2.